The second kappa shape index (κ2) is 7.87. The maximum absolute atomic E-state index is 3.59. The first-order valence-corrected chi connectivity index (χ1v) is 8.08. The van der Waals surface area contributed by atoms with Crippen molar-refractivity contribution in [2.75, 3.05) is 11.9 Å². The molecule has 1 N–H and O–H groups in total. The predicted octanol–water partition coefficient (Wildman–Crippen LogP) is 5.49. The lowest BCUT2D eigenvalue weighted by Gasteiger charge is -2.22. The third-order valence-corrected chi connectivity index (χ3v) is 4.05. The van der Waals surface area contributed by atoms with E-state index in [-0.39, 0.29) is 0 Å². The maximum atomic E-state index is 3.59. The van der Waals surface area contributed by atoms with Crippen LogP contribution in [0, 0.1) is 5.92 Å². The van der Waals surface area contributed by atoms with Crippen LogP contribution in [0.15, 0.2) is 54.6 Å². The van der Waals surface area contributed by atoms with Crippen LogP contribution in [-0.4, -0.2) is 6.54 Å². The quantitative estimate of drug-likeness (QED) is 0.707. The van der Waals surface area contributed by atoms with Crippen molar-refractivity contribution in [3.8, 4) is 0 Å². The molecule has 2 aromatic rings. The molecule has 0 aliphatic heterocycles. The van der Waals surface area contributed by atoms with Gasteiger partial charge >= 0.3 is 0 Å². The largest absolute Gasteiger partial charge is 0.384 e. The third-order valence-electron chi connectivity index (χ3n) is 4.05. The monoisotopic (exact) mass is 281 g/mol. The Hall–Kier alpha value is -1.76. The Balaban J connectivity index is 1.99. The molecule has 0 aliphatic rings. The molecule has 1 heteroatoms. The first-order valence-electron chi connectivity index (χ1n) is 8.08. The number of rotatable bonds is 7. The Labute approximate surface area is 129 Å². The Kier molecular flexibility index (Phi) is 5.86. The van der Waals surface area contributed by atoms with E-state index in [9.17, 15) is 0 Å². The normalized spacial score (nSPS) is 12.4. The minimum absolute atomic E-state index is 0.543. The highest BCUT2D eigenvalue weighted by molar-refractivity contribution is 5.45. The van der Waals surface area contributed by atoms with Crippen molar-refractivity contribution in [3.63, 3.8) is 0 Å². The standard InChI is InChI=1S/C20H27N/c1-4-8-17-11-13-19(14-12-17)21-15-20(16(2)3)18-9-6-5-7-10-18/h5-7,9-14,16,20-21H,4,8,15H2,1-3H3. The molecule has 0 saturated carbocycles. The molecule has 1 nitrogen and oxygen atoms in total. The van der Waals surface area contributed by atoms with Crippen molar-refractivity contribution in [2.24, 2.45) is 5.92 Å². The van der Waals surface area contributed by atoms with E-state index in [4.69, 9.17) is 0 Å². The Morgan fingerprint density at radius 3 is 2.14 bits per heavy atom. The average Bonchev–Trinajstić information content (AvgIpc) is 2.50. The van der Waals surface area contributed by atoms with E-state index in [2.05, 4.69) is 80.7 Å². The lowest BCUT2D eigenvalue weighted by molar-refractivity contribution is 0.517. The highest BCUT2D eigenvalue weighted by Gasteiger charge is 2.15. The SMILES string of the molecule is CCCc1ccc(NCC(c2ccccc2)C(C)C)cc1. The summed E-state index contributed by atoms with van der Waals surface area (Å²) in [5.74, 6) is 1.17. The Morgan fingerprint density at radius 2 is 1.57 bits per heavy atom. The number of anilines is 1. The fraction of sp³-hybridized carbons (Fsp3) is 0.400. The molecule has 0 aromatic heterocycles. The van der Waals surface area contributed by atoms with Gasteiger partial charge in [0.05, 0.1) is 0 Å². The molecule has 0 aliphatic carbocycles. The number of nitrogens with one attached hydrogen (secondary N) is 1. The van der Waals surface area contributed by atoms with Gasteiger partial charge in [-0.2, -0.15) is 0 Å². The van der Waals surface area contributed by atoms with Gasteiger partial charge in [0.2, 0.25) is 0 Å². The molecule has 0 heterocycles. The van der Waals surface area contributed by atoms with Gasteiger partial charge < -0.3 is 5.32 Å². The summed E-state index contributed by atoms with van der Waals surface area (Å²) in [6, 6.07) is 19.7. The second-order valence-electron chi connectivity index (χ2n) is 6.09. The van der Waals surface area contributed by atoms with Crippen LogP contribution >= 0.6 is 0 Å². The van der Waals surface area contributed by atoms with Crippen LogP contribution in [-0.2, 0) is 6.42 Å². The molecular formula is C20H27N. The minimum Gasteiger partial charge on any atom is -0.384 e. The molecule has 0 saturated heterocycles. The molecule has 1 unspecified atom stereocenters. The number of hydrogen-bond acceptors (Lipinski definition) is 1. The lowest BCUT2D eigenvalue weighted by Crippen LogP contribution is -2.17. The fourth-order valence-electron chi connectivity index (χ4n) is 2.74. The lowest BCUT2D eigenvalue weighted by atomic mass is 9.88. The molecule has 0 fully saturated rings. The highest BCUT2D eigenvalue weighted by atomic mass is 14.9. The van der Waals surface area contributed by atoms with Crippen molar-refractivity contribution >= 4 is 5.69 Å². The van der Waals surface area contributed by atoms with Crippen LogP contribution < -0.4 is 5.32 Å². The van der Waals surface area contributed by atoms with Gasteiger partial charge in [-0.15, -0.1) is 0 Å². The third kappa shape index (κ3) is 4.63. The minimum atomic E-state index is 0.543. The maximum Gasteiger partial charge on any atom is 0.0340 e. The zero-order valence-corrected chi connectivity index (χ0v) is 13.5. The zero-order valence-electron chi connectivity index (χ0n) is 13.5. The zero-order chi connectivity index (χ0) is 15.1. The Morgan fingerprint density at radius 1 is 0.905 bits per heavy atom. The second-order valence-corrected chi connectivity index (χ2v) is 6.09. The van der Waals surface area contributed by atoms with Crippen molar-refractivity contribution in [1.29, 1.82) is 0 Å². The summed E-state index contributed by atoms with van der Waals surface area (Å²) >= 11 is 0. The molecule has 21 heavy (non-hydrogen) atoms. The number of hydrogen-bond donors (Lipinski definition) is 1. The van der Waals surface area contributed by atoms with Gasteiger partial charge in [-0.1, -0.05) is 69.7 Å². The molecule has 0 spiro atoms. The summed E-state index contributed by atoms with van der Waals surface area (Å²) in [5, 5.41) is 3.59. The van der Waals surface area contributed by atoms with Crippen LogP contribution in [0.4, 0.5) is 5.69 Å². The van der Waals surface area contributed by atoms with Crippen LogP contribution in [0.3, 0.4) is 0 Å². The summed E-state index contributed by atoms with van der Waals surface area (Å²) < 4.78 is 0. The van der Waals surface area contributed by atoms with Crippen molar-refractivity contribution < 1.29 is 0 Å². The number of benzene rings is 2. The van der Waals surface area contributed by atoms with Gasteiger partial charge in [-0.05, 0) is 35.6 Å². The topological polar surface area (TPSA) is 12.0 Å². The smallest absolute Gasteiger partial charge is 0.0340 e. The summed E-state index contributed by atoms with van der Waals surface area (Å²) in [7, 11) is 0. The average molecular weight is 281 g/mol. The summed E-state index contributed by atoms with van der Waals surface area (Å²) in [6.07, 6.45) is 2.37. The van der Waals surface area contributed by atoms with E-state index < -0.39 is 0 Å². The fourth-order valence-corrected chi connectivity index (χ4v) is 2.74. The van der Waals surface area contributed by atoms with Crippen LogP contribution in [0.5, 0.6) is 0 Å². The summed E-state index contributed by atoms with van der Waals surface area (Å²) in [6.45, 7) is 7.79. The molecule has 0 amide bonds. The van der Waals surface area contributed by atoms with Gasteiger partial charge in [0.15, 0.2) is 0 Å². The van der Waals surface area contributed by atoms with Crippen LogP contribution in [0.1, 0.15) is 44.2 Å². The first-order chi connectivity index (χ1) is 10.2. The molecular weight excluding hydrogens is 254 g/mol. The van der Waals surface area contributed by atoms with Crippen molar-refractivity contribution in [2.45, 2.75) is 39.5 Å². The van der Waals surface area contributed by atoms with Gasteiger partial charge in [0.1, 0.15) is 0 Å². The van der Waals surface area contributed by atoms with Crippen molar-refractivity contribution in [3.05, 3.63) is 65.7 Å². The van der Waals surface area contributed by atoms with Gasteiger partial charge in [0, 0.05) is 18.2 Å². The van der Waals surface area contributed by atoms with E-state index in [1.807, 2.05) is 0 Å². The Bertz CT molecular complexity index is 513. The molecule has 0 radical (unpaired) electrons. The molecule has 112 valence electrons. The van der Waals surface area contributed by atoms with Gasteiger partial charge in [0.25, 0.3) is 0 Å². The highest BCUT2D eigenvalue weighted by Crippen LogP contribution is 2.25. The molecule has 1 atom stereocenters. The first kappa shape index (κ1) is 15.6. The van der Waals surface area contributed by atoms with E-state index in [0.29, 0.717) is 11.8 Å². The van der Waals surface area contributed by atoms with Crippen LogP contribution in [0.2, 0.25) is 0 Å². The van der Waals surface area contributed by atoms with E-state index in [1.165, 1.54) is 29.7 Å². The predicted molar refractivity (Wildman–Crippen MR) is 92.9 cm³/mol. The molecule has 2 aromatic carbocycles. The van der Waals surface area contributed by atoms with Gasteiger partial charge in [-0.25, -0.2) is 0 Å². The molecule has 0 bridgehead atoms. The van der Waals surface area contributed by atoms with E-state index in [0.717, 1.165) is 6.54 Å². The number of aryl methyl sites for hydroxylation is 1. The van der Waals surface area contributed by atoms with Gasteiger partial charge in [-0.3, -0.25) is 0 Å². The molecule has 2 rings (SSSR count). The van der Waals surface area contributed by atoms with Crippen LogP contribution in [0.25, 0.3) is 0 Å². The summed E-state index contributed by atoms with van der Waals surface area (Å²) in [4.78, 5) is 0. The van der Waals surface area contributed by atoms with E-state index >= 15 is 0 Å². The summed E-state index contributed by atoms with van der Waals surface area (Å²) in [5.41, 5.74) is 4.06. The van der Waals surface area contributed by atoms with Crippen molar-refractivity contribution in [1.82, 2.24) is 0 Å². The van der Waals surface area contributed by atoms with E-state index in [1.54, 1.807) is 0 Å².